The number of carboxylic acids is 1. The van der Waals surface area contributed by atoms with E-state index in [9.17, 15) is 9.59 Å². The molecule has 0 atom stereocenters. The summed E-state index contributed by atoms with van der Waals surface area (Å²) < 4.78 is 0. The fraction of sp³-hybridized carbons (Fsp3) is 0.800. The zero-order chi connectivity index (χ0) is 11.9. The molecule has 0 unspecified atom stereocenters. The Morgan fingerprint density at radius 2 is 1.80 bits per heavy atom. The Kier molecular flexibility index (Phi) is 5.93. The van der Waals surface area contributed by atoms with Crippen molar-refractivity contribution in [2.75, 3.05) is 13.6 Å². The lowest BCUT2D eigenvalue weighted by Gasteiger charge is -2.28. The summed E-state index contributed by atoms with van der Waals surface area (Å²) in [5, 5.41) is 14.5. The summed E-state index contributed by atoms with van der Waals surface area (Å²) in [5.74, 6) is -0.946. The second kappa shape index (κ2) is 6.40. The van der Waals surface area contributed by atoms with Gasteiger partial charge in [-0.2, -0.15) is 0 Å². The third-order valence-corrected chi connectivity index (χ3v) is 2.71. The largest absolute Gasteiger partial charge is 0.480 e. The Morgan fingerprint density at radius 3 is 2.13 bits per heavy atom. The lowest BCUT2D eigenvalue weighted by Crippen LogP contribution is -2.52. The van der Waals surface area contributed by atoms with Crippen LogP contribution in [0.4, 0.5) is 0 Å². The van der Waals surface area contributed by atoms with Gasteiger partial charge in [-0.25, -0.2) is 0 Å². The average molecular weight is 216 g/mol. The Labute approximate surface area is 90.2 Å². The number of carboxylic acid groups (broad SMARTS) is 1. The molecule has 0 aliphatic rings. The van der Waals surface area contributed by atoms with E-state index in [2.05, 4.69) is 10.6 Å². The van der Waals surface area contributed by atoms with E-state index in [0.717, 1.165) is 0 Å². The third-order valence-electron chi connectivity index (χ3n) is 2.71. The summed E-state index contributed by atoms with van der Waals surface area (Å²) in [6, 6.07) is 0. The summed E-state index contributed by atoms with van der Waals surface area (Å²) >= 11 is 0. The number of hydrogen-bond donors (Lipinski definition) is 3. The quantitative estimate of drug-likeness (QED) is 0.574. The highest BCUT2D eigenvalue weighted by Crippen LogP contribution is 2.15. The van der Waals surface area contributed by atoms with Crippen molar-refractivity contribution < 1.29 is 14.7 Å². The Hall–Kier alpha value is -1.10. The van der Waals surface area contributed by atoms with Gasteiger partial charge in [0.1, 0.15) is 5.54 Å². The van der Waals surface area contributed by atoms with Crippen LogP contribution >= 0.6 is 0 Å². The molecule has 88 valence electrons. The van der Waals surface area contributed by atoms with Crippen LogP contribution in [-0.4, -0.2) is 36.1 Å². The van der Waals surface area contributed by atoms with Crippen molar-refractivity contribution in [3.63, 3.8) is 0 Å². The highest BCUT2D eigenvalue weighted by atomic mass is 16.4. The third kappa shape index (κ3) is 3.87. The van der Waals surface area contributed by atoms with Crippen LogP contribution in [0.15, 0.2) is 0 Å². The van der Waals surface area contributed by atoms with E-state index in [-0.39, 0.29) is 5.91 Å². The first-order chi connectivity index (χ1) is 7.02. The van der Waals surface area contributed by atoms with E-state index in [0.29, 0.717) is 25.8 Å². The van der Waals surface area contributed by atoms with E-state index >= 15 is 0 Å². The Morgan fingerprint density at radius 1 is 1.27 bits per heavy atom. The predicted octanol–water partition coefficient (Wildman–Crippen LogP) is 0.356. The van der Waals surface area contributed by atoms with Gasteiger partial charge in [0.05, 0.1) is 0 Å². The molecule has 3 N–H and O–H groups in total. The highest BCUT2D eigenvalue weighted by Gasteiger charge is 2.33. The normalized spacial score (nSPS) is 11.1. The van der Waals surface area contributed by atoms with Crippen molar-refractivity contribution in [3.05, 3.63) is 0 Å². The van der Waals surface area contributed by atoms with Crippen LogP contribution in [0.25, 0.3) is 0 Å². The van der Waals surface area contributed by atoms with Crippen molar-refractivity contribution in [3.8, 4) is 0 Å². The predicted molar refractivity (Wildman–Crippen MR) is 57.6 cm³/mol. The molecule has 5 heteroatoms. The lowest BCUT2D eigenvalue weighted by atomic mass is 9.93. The van der Waals surface area contributed by atoms with E-state index < -0.39 is 11.5 Å². The second-order valence-electron chi connectivity index (χ2n) is 3.44. The number of carbonyl (C=O) groups is 2. The smallest absolute Gasteiger partial charge is 0.323 e. The number of aliphatic carboxylic acids is 1. The van der Waals surface area contributed by atoms with Gasteiger partial charge in [0.2, 0.25) is 5.91 Å². The summed E-state index contributed by atoms with van der Waals surface area (Å²) in [7, 11) is 1.56. The maximum absolute atomic E-state index is 11.1. The lowest BCUT2D eigenvalue weighted by molar-refractivity contribution is -0.145. The van der Waals surface area contributed by atoms with Crippen molar-refractivity contribution in [2.45, 2.75) is 38.6 Å². The second-order valence-corrected chi connectivity index (χ2v) is 3.44. The molecule has 0 heterocycles. The summed E-state index contributed by atoms with van der Waals surface area (Å²) in [6.07, 6.45) is 1.31. The Bertz CT molecular complexity index is 225. The van der Waals surface area contributed by atoms with Gasteiger partial charge in [0.25, 0.3) is 0 Å². The summed E-state index contributed by atoms with van der Waals surface area (Å²) in [4.78, 5) is 22.0. The van der Waals surface area contributed by atoms with Crippen LogP contribution in [0.2, 0.25) is 0 Å². The van der Waals surface area contributed by atoms with Gasteiger partial charge < -0.3 is 15.7 Å². The van der Waals surface area contributed by atoms with Gasteiger partial charge in [-0.05, 0) is 12.8 Å². The minimum Gasteiger partial charge on any atom is -0.480 e. The van der Waals surface area contributed by atoms with Gasteiger partial charge >= 0.3 is 5.97 Å². The monoisotopic (exact) mass is 216 g/mol. The van der Waals surface area contributed by atoms with E-state index in [1.54, 1.807) is 7.05 Å². The molecule has 0 fully saturated rings. The molecular formula is C10H20N2O3. The van der Waals surface area contributed by atoms with Gasteiger partial charge in [-0.1, -0.05) is 13.8 Å². The first-order valence-corrected chi connectivity index (χ1v) is 5.21. The first-order valence-electron chi connectivity index (χ1n) is 5.21. The zero-order valence-corrected chi connectivity index (χ0v) is 9.59. The maximum Gasteiger partial charge on any atom is 0.323 e. The molecule has 0 aliphatic heterocycles. The standard InChI is InChI=1S/C10H20N2O3/c1-4-10(5-2,9(14)15)12-7-6-8(13)11-3/h12H,4-7H2,1-3H3,(H,11,13)(H,14,15). The number of nitrogens with one attached hydrogen (secondary N) is 2. The fourth-order valence-corrected chi connectivity index (χ4v) is 1.42. The van der Waals surface area contributed by atoms with Crippen LogP contribution in [0.3, 0.4) is 0 Å². The molecule has 0 radical (unpaired) electrons. The molecule has 0 rings (SSSR count). The summed E-state index contributed by atoms with van der Waals surface area (Å²) in [5.41, 5.74) is -0.895. The van der Waals surface area contributed by atoms with Crippen LogP contribution < -0.4 is 10.6 Å². The van der Waals surface area contributed by atoms with E-state index in [4.69, 9.17) is 5.11 Å². The molecule has 0 saturated carbocycles. The first kappa shape index (κ1) is 13.9. The zero-order valence-electron chi connectivity index (χ0n) is 9.59. The number of rotatable bonds is 7. The molecule has 0 aromatic carbocycles. The van der Waals surface area contributed by atoms with Crippen LogP contribution in [0.1, 0.15) is 33.1 Å². The molecule has 0 aromatic rings. The van der Waals surface area contributed by atoms with Crippen molar-refractivity contribution in [1.82, 2.24) is 10.6 Å². The van der Waals surface area contributed by atoms with Crippen LogP contribution in [0.5, 0.6) is 0 Å². The van der Waals surface area contributed by atoms with Gasteiger partial charge in [0, 0.05) is 20.0 Å². The molecule has 1 amide bonds. The van der Waals surface area contributed by atoms with E-state index in [1.807, 2.05) is 13.8 Å². The van der Waals surface area contributed by atoms with Gasteiger partial charge in [0.15, 0.2) is 0 Å². The van der Waals surface area contributed by atoms with Gasteiger partial charge in [-0.15, -0.1) is 0 Å². The maximum atomic E-state index is 11.1. The van der Waals surface area contributed by atoms with Gasteiger partial charge in [-0.3, -0.25) is 9.59 Å². The number of amides is 1. The fourth-order valence-electron chi connectivity index (χ4n) is 1.42. The summed E-state index contributed by atoms with van der Waals surface area (Å²) in [6.45, 7) is 4.03. The van der Waals surface area contributed by atoms with Crippen molar-refractivity contribution in [1.29, 1.82) is 0 Å². The van der Waals surface area contributed by atoms with Crippen molar-refractivity contribution in [2.24, 2.45) is 0 Å². The van der Waals surface area contributed by atoms with E-state index in [1.165, 1.54) is 0 Å². The molecule has 0 aromatic heterocycles. The minimum atomic E-state index is -0.895. The van der Waals surface area contributed by atoms with Crippen LogP contribution in [0, 0.1) is 0 Å². The number of carbonyl (C=O) groups excluding carboxylic acids is 1. The molecular weight excluding hydrogens is 196 g/mol. The molecule has 0 saturated heterocycles. The molecule has 0 spiro atoms. The minimum absolute atomic E-state index is 0.0889. The molecule has 15 heavy (non-hydrogen) atoms. The van der Waals surface area contributed by atoms with Crippen molar-refractivity contribution >= 4 is 11.9 Å². The topological polar surface area (TPSA) is 78.4 Å². The molecule has 0 bridgehead atoms. The average Bonchev–Trinajstić information content (AvgIpc) is 2.24. The number of hydrogen-bond acceptors (Lipinski definition) is 3. The molecule has 5 nitrogen and oxygen atoms in total. The SMILES string of the molecule is CCC(CC)(NCCC(=O)NC)C(=O)O. The Balaban J connectivity index is 4.19. The van der Waals surface area contributed by atoms with Crippen LogP contribution in [-0.2, 0) is 9.59 Å². The molecule has 0 aliphatic carbocycles. The highest BCUT2D eigenvalue weighted by molar-refractivity contribution is 5.79.